The molecule has 1 aliphatic heterocycles. The van der Waals surface area contributed by atoms with Gasteiger partial charge in [0, 0.05) is 19.5 Å². The second kappa shape index (κ2) is 6.19. The number of aliphatic imine (C=N–C) groups is 1. The SMILES string of the molecule is CCCCN1CCCC1=Nc1ccc(F)cc1Cl. The minimum atomic E-state index is -0.321. The van der Waals surface area contributed by atoms with Crippen molar-refractivity contribution in [1.82, 2.24) is 4.90 Å². The van der Waals surface area contributed by atoms with Crippen LogP contribution in [-0.2, 0) is 0 Å². The number of nitrogens with zero attached hydrogens (tertiary/aromatic N) is 2. The molecule has 1 aromatic rings. The average Bonchev–Trinajstić information content (AvgIpc) is 2.77. The van der Waals surface area contributed by atoms with Crippen molar-refractivity contribution < 1.29 is 4.39 Å². The maximum Gasteiger partial charge on any atom is 0.124 e. The molecule has 1 aliphatic rings. The minimum Gasteiger partial charge on any atom is -0.360 e. The summed E-state index contributed by atoms with van der Waals surface area (Å²) in [6.45, 7) is 4.30. The van der Waals surface area contributed by atoms with Crippen molar-refractivity contribution in [3.63, 3.8) is 0 Å². The standard InChI is InChI=1S/C14H18ClFN2/c1-2-3-8-18-9-4-5-14(18)17-13-7-6-11(16)10-12(13)15/h6-7,10H,2-5,8-9H2,1H3. The molecule has 0 saturated carbocycles. The van der Waals surface area contributed by atoms with E-state index in [1.807, 2.05) is 0 Å². The van der Waals surface area contributed by atoms with E-state index in [-0.39, 0.29) is 5.82 Å². The lowest BCUT2D eigenvalue weighted by Crippen LogP contribution is -2.25. The third kappa shape index (κ3) is 3.22. The van der Waals surface area contributed by atoms with Gasteiger partial charge in [-0.05, 0) is 31.0 Å². The average molecular weight is 269 g/mol. The van der Waals surface area contributed by atoms with Gasteiger partial charge in [0.1, 0.15) is 11.7 Å². The molecular formula is C14H18ClFN2. The molecule has 0 aromatic heterocycles. The fourth-order valence-corrected chi connectivity index (χ4v) is 2.35. The Morgan fingerprint density at radius 3 is 3.00 bits per heavy atom. The summed E-state index contributed by atoms with van der Waals surface area (Å²) in [4.78, 5) is 6.89. The summed E-state index contributed by atoms with van der Waals surface area (Å²) in [7, 11) is 0. The van der Waals surface area contributed by atoms with E-state index in [0.29, 0.717) is 10.7 Å². The summed E-state index contributed by atoms with van der Waals surface area (Å²) in [6.07, 6.45) is 4.48. The maximum atomic E-state index is 13.0. The molecule has 18 heavy (non-hydrogen) atoms. The number of hydrogen-bond acceptors (Lipinski definition) is 1. The summed E-state index contributed by atoms with van der Waals surface area (Å²) in [5, 5.41) is 0.379. The molecule has 0 unspecified atom stereocenters. The van der Waals surface area contributed by atoms with Crippen LogP contribution in [0.3, 0.4) is 0 Å². The van der Waals surface area contributed by atoms with Gasteiger partial charge in [-0.15, -0.1) is 0 Å². The van der Waals surface area contributed by atoms with Crippen LogP contribution in [-0.4, -0.2) is 23.8 Å². The summed E-state index contributed by atoms with van der Waals surface area (Å²) in [5.41, 5.74) is 0.663. The van der Waals surface area contributed by atoms with E-state index < -0.39 is 0 Å². The number of halogens is 2. The van der Waals surface area contributed by atoms with Crippen LogP contribution in [0.5, 0.6) is 0 Å². The van der Waals surface area contributed by atoms with Crippen LogP contribution in [0, 0.1) is 5.82 Å². The molecule has 0 bridgehead atoms. The predicted molar refractivity (Wildman–Crippen MR) is 74.2 cm³/mol. The van der Waals surface area contributed by atoms with E-state index in [1.165, 1.54) is 25.0 Å². The topological polar surface area (TPSA) is 15.6 Å². The summed E-state index contributed by atoms with van der Waals surface area (Å²) in [5.74, 6) is 0.759. The molecule has 1 heterocycles. The quantitative estimate of drug-likeness (QED) is 0.790. The molecule has 0 atom stereocenters. The first-order chi connectivity index (χ1) is 8.70. The molecule has 98 valence electrons. The first kappa shape index (κ1) is 13.3. The van der Waals surface area contributed by atoms with Crippen LogP contribution in [0.25, 0.3) is 0 Å². The van der Waals surface area contributed by atoms with E-state index in [2.05, 4.69) is 16.8 Å². The van der Waals surface area contributed by atoms with E-state index >= 15 is 0 Å². The molecule has 2 nitrogen and oxygen atoms in total. The smallest absolute Gasteiger partial charge is 0.124 e. The van der Waals surface area contributed by atoms with E-state index in [1.54, 1.807) is 6.07 Å². The number of amidine groups is 1. The van der Waals surface area contributed by atoms with Gasteiger partial charge in [0.15, 0.2) is 0 Å². The second-order valence-electron chi connectivity index (χ2n) is 4.57. The number of hydrogen-bond donors (Lipinski definition) is 0. The monoisotopic (exact) mass is 268 g/mol. The van der Waals surface area contributed by atoms with Gasteiger partial charge in [0.2, 0.25) is 0 Å². The first-order valence-electron chi connectivity index (χ1n) is 6.48. The summed E-state index contributed by atoms with van der Waals surface area (Å²) < 4.78 is 13.0. The zero-order valence-corrected chi connectivity index (χ0v) is 11.4. The molecule has 0 aliphatic carbocycles. The Labute approximate surface area is 112 Å². The first-order valence-corrected chi connectivity index (χ1v) is 6.86. The van der Waals surface area contributed by atoms with Crippen molar-refractivity contribution >= 4 is 23.1 Å². The predicted octanol–water partition coefficient (Wildman–Crippen LogP) is 4.41. The molecule has 0 spiro atoms. The lowest BCUT2D eigenvalue weighted by atomic mass is 10.3. The van der Waals surface area contributed by atoms with E-state index in [4.69, 9.17) is 11.6 Å². The third-order valence-electron chi connectivity index (χ3n) is 3.13. The van der Waals surface area contributed by atoms with Crippen molar-refractivity contribution in [3.8, 4) is 0 Å². The zero-order valence-electron chi connectivity index (χ0n) is 10.6. The Morgan fingerprint density at radius 2 is 2.28 bits per heavy atom. The van der Waals surface area contributed by atoms with Crippen LogP contribution in [0.15, 0.2) is 23.2 Å². The highest BCUT2D eigenvalue weighted by molar-refractivity contribution is 6.33. The van der Waals surface area contributed by atoms with Crippen LogP contribution in [0.1, 0.15) is 32.6 Å². The van der Waals surface area contributed by atoms with Gasteiger partial charge in [0.05, 0.1) is 10.7 Å². The van der Waals surface area contributed by atoms with Crippen LogP contribution in [0.4, 0.5) is 10.1 Å². The zero-order chi connectivity index (χ0) is 13.0. The fourth-order valence-electron chi connectivity index (χ4n) is 2.14. The highest BCUT2D eigenvalue weighted by Gasteiger charge is 2.18. The number of rotatable bonds is 4. The molecule has 0 radical (unpaired) electrons. The number of benzene rings is 1. The number of unbranched alkanes of at least 4 members (excludes halogenated alkanes) is 1. The highest BCUT2D eigenvalue weighted by Crippen LogP contribution is 2.27. The maximum absolute atomic E-state index is 13.0. The molecule has 4 heteroatoms. The van der Waals surface area contributed by atoms with Gasteiger partial charge in [-0.25, -0.2) is 9.38 Å². The number of likely N-dealkylation sites (tertiary alicyclic amines) is 1. The van der Waals surface area contributed by atoms with Crippen molar-refractivity contribution in [3.05, 3.63) is 29.0 Å². The van der Waals surface area contributed by atoms with Crippen molar-refractivity contribution in [2.75, 3.05) is 13.1 Å². The third-order valence-corrected chi connectivity index (χ3v) is 3.44. The highest BCUT2D eigenvalue weighted by atomic mass is 35.5. The largest absolute Gasteiger partial charge is 0.360 e. The molecular weight excluding hydrogens is 251 g/mol. The van der Waals surface area contributed by atoms with Crippen LogP contribution >= 0.6 is 11.6 Å². The molecule has 0 N–H and O–H groups in total. The lowest BCUT2D eigenvalue weighted by molar-refractivity contribution is 0.440. The Bertz CT molecular complexity index is 445. The van der Waals surface area contributed by atoms with Crippen molar-refractivity contribution in [2.24, 2.45) is 4.99 Å². The normalized spacial score (nSPS) is 17.7. The Kier molecular flexibility index (Phi) is 4.59. The Morgan fingerprint density at radius 1 is 1.44 bits per heavy atom. The molecule has 1 saturated heterocycles. The molecule has 1 aromatic carbocycles. The van der Waals surface area contributed by atoms with Crippen LogP contribution < -0.4 is 0 Å². The summed E-state index contributed by atoms with van der Waals surface area (Å²) >= 11 is 5.99. The van der Waals surface area contributed by atoms with Crippen molar-refractivity contribution in [2.45, 2.75) is 32.6 Å². The van der Waals surface area contributed by atoms with E-state index in [0.717, 1.165) is 31.8 Å². The van der Waals surface area contributed by atoms with E-state index in [9.17, 15) is 4.39 Å². The van der Waals surface area contributed by atoms with Gasteiger partial charge >= 0.3 is 0 Å². The van der Waals surface area contributed by atoms with Crippen LogP contribution in [0.2, 0.25) is 5.02 Å². The second-order valence-corrected chi connectivity index (χ2v) is 4.98. The molecule has 0 amide bonds. The van der Waals surface area contributed by atoms with Gasteiger partial charge in [-0.2, -0.15) is 0 Å². The van der Waals surface area contributed by atoms with Gasteiger partial charge in [0.25, 0.3) is 0 Å². The summed E-state index contributed by atoms with van der Waals surface area (Å²) in [6, 6.07) is 4.35. The fraction of sp³-hybridized carbons (Fsp3) is 0.500. The van der Waals surface area contributed by atoms with Gasteiger partial charge < -0.3 is 4.90 Å². The van der Waals surface area contributed by atoms with Gasteiger partial charge in [-0.1, -0.05) is 24.9 Å². The lowest BCUT2D eigenvalue weighted by Gasteiger charge is -2.18. The van der Waals surface area contributed by atoms with Crippen molar-refractivity contribution in [1.29, 1.82) is 0 Å². The Hall–Kier alpha value is -1.09. The minimum absolute atomic E-state index is 0.321. The molecule has 1 fully saturated rings. The van der Waals surface area contributed by atoms with Gasteiger partial charge in [-0.3, -0.25) is 0 Å². The molecule has 2 rings (SSSR count). The Balaban J connectivity index is 2.15.